The fourth-order valence-electron chi connectivity index (χ4n) is 4.47. The van der Waals surface area contributed by atoms with Crippen molar-refractivity contribution in [1.29, 1.82) is 0 Å². The van der Waals surface area contributed by atoms with Crippen LogP contribution in [0.5, 0.6) is 0 Å². The second-order valence-electron chi connectivity index (χ2n) is 9.78. The molecule has 4 rings (SSSR count). The van der Waals surface area contributed by atoms with Crippen LogP contribution < -0.4 is 24.8 Å². The minimum Gasteiger partial charge on any atom is -1.00 e. The first kappa shape index (κ1) is 29.6. The van der Waals surface area contributed by atoms with E-state index >= 15 is 0 Å². The molecule has 0 radical (unpaired) electrons. The smallest absolute Gasteiger partial charge is 1.00 e. The summed E-state index contributed by atoms with van der Waals surface area (Å²) in [5.74, 6) is 0. The summed E-state index contributed by atoms with van der Waals surface area (Å²) in [5, 5.41) is 2.95. The Morgan fingerprint density at radius 2 is 1.37 bits per heavy atom. The van der Waals surface area contributed by atoms with Gasteiger partial charge in [0.1, 0.15) is 0 Å². The van der Waals surface area contributed by atoms with E-state index in [2.05, 4.69) is 79.7 Å². The van der Waals surface area contributed by atoms with Gasteiger partial charge in [0.15, 0.2) is 0 Å². The normalized spacial score (nSPS) is 12.3. The molecule has 0 unspecified atom stereocenters. The molecule has 3 aromatic rings. The van der Waals surface area contributed by atoms with E-state index in [1.54, 1.807) is 11.1 Å². The van der Waals surface area contributed by atoms with Gasteiger partial charge in [-0.3, -0.25) is 0 Å². The number of hydrogen-bond acceptors (Lipinski definition) is 0. The molecule has 1 aliphatic carbocycles. The zero-order chi connectivity index (χ0) is 19.9. The van der Waals surface area contributed by atoms with E-state index in [0.29, 0.717) is 5.41 Å². The third-order valence-electron chi connectivity index (χ3n) is 6.61. The zero-order valence-electron chi connectivity index (χ0n) is 19.9. The topological polar surface area (TPSA) is 0 Å². The average Bonchev–Trinajstić information content (AvgIpc) is 3.25. The molecule has 30 heavy (non-hydrogen) atoms. The summed E-state index contributed by atoms with van der Waals surface area (Å²) in [6.45, 7) is 18.0. The number of rotatable bonds is 1. The van der Waals surface area contributed by atoms with E-state index in [-0.39, 0.29) is 51.0 Å². The van der Waals surface area contributed by atoms with Gasteiger partial charge in [0.25, 0.3) is 0 Å². The maximum Gasteiger partial charge on any atom is 4.00 e. The molecule has 0 saturated heterocycles. The average molecular weight is 523 g/mol. The largest absolute Gasteiger partial charge is 4.00 e. The van der Waals surface area contributed by atoms with Gasteiger partial charge in [0, 0.05) is 0 Å². The third-order valence-corrected chi connectivity index (χ3v) is 6.61. The first-order chi connectivity index (χ1) is 12.6. The van der Waals surface area contributed by atoms with Gasteiger partial charge in [-0.25, -0.2) is 0 Å². The number of benzene rings is 1. The molecular formula is C27H36Cl2Zr. The molecule has 0 aliphatic heterocycles. The van der Waals surface area contributed by atoms with E-state index in [1.807, 2.05) is 0 Å². The van der Waals surface area contributed by atoms with Gasteiger partial charge in [0.2, 0.25) is 0 Å². The summed E-state index contributed by atoms with van der Waals surface area (Å²) in [7, 11) is 0. The van der Waals surface area contributed by atoms with Crippen LogP contribution in [0.3, 0.4) is 0 Å². The first-order valence-corrected chi connectivity index (χ1v) is 10.5. The molecule has 162 valence electrons. The van der Waals surface area contributed by atoms with Crippen molar-refractivity contribution in [2.75, 3.05) is 0 Å². The van der Waals surface area contributed by atoms with Crippen molar-refractivity contribution in [2.24, 2.45) is 5.41 Å². The fraction of sp³-hybridized carbons (Fsp3) is 0.481. The van der Waals surface area contributed by atoms with Crippen molar-refractivity contribution in [3.05, 3.63) is 68.8 Å². The Bertz CT molecular complexity index is 887. The zero-order valence-corrected chi connectivity index (χ0v) is 23.9. The van der Waals surface area contributed by atoms with Crippen LogP contribution in [-0.4, -0.2) is 0 Å². The van der Waals surface area contributed by atoms with Crippen LogP contribution in [0.15, 0.2) is 24.3 Å². The second-order valence-corrected chi connectivity index (χ2v) is 9.78. The van der Waals surface area contributed by atoms with Crippen molar-refractivity contribution in [3.8, 4) is 0 Å². The van der Waals surface area contributed by atoms with Crippen molar-refractivity contribution >= 4 is 10.8 Å². The van der Waals surface area contributed by atoms with Gasteiger partial charge in [-0.1, -0.05) is 72.9 Å². The van der Waals surface area contributed by atoms with Gasteiger partial charge in [0.05, 0.1) is 0 Å². The molecule has 0 heterocycles. The molecule has 0 saturated carbocycles. The standard InChI is InChI=1S/C17H21.C10H15.2ClH.Zr/c1-17(2,3)11-15-8-7-14-9-12-5-4-6-13(12)10-16(14)15;1-6-7(2)9(4)10(5)8(6)3;;;/h7-10H,4-6,11H2,1-3H3;1-5H3;2*1H;/q2*-1;;;+4/p-2. The number of hydrogen-bond donors (Lipinski definition) is 0. The third kappa shape index (κ3) is 6.34. The predicted octanol–water partition coefficient (Wildman–Crippen LogP) is 1.59. The van der Waals surface area contributed by atoms with Crippen LogP contribution in [0.4, 0.5) is 0 Å². The molecule has 0 amide bonds. The Labute approximate surface area is 215 Å². The quantitative estimate of drug-likeness (QED) is 0.426. The van der Waals surface area contributed by atoms with Crippen LogP contribution >= 0.6 is 0 Å². The van der Waals surface area contributed by atoms with E-state index < -0.39 is 0 Å². The van der Waals surface area contributed by atoms with Crippen LogP contribution in [0.25, 0.3) is 10.8 Å². The Morgan fingerprint density at radius 1 is 0.867 bits per heavy atom. The van der Waals surface area contributed by atoms with Gasteiger partial charge in [-0.2, -0.15) is 33.9 Å². The van der Waals surface area contributed by atoms with E-state index in [9.17, 15) is 0 Å². The molecule has 0 bridgehead atoms. The fourth-order valence-corrected chi connectivity index (χ4v) is 4.47. The molecule has 0 fully saturated rings. The van der Waals surface area contributed by atoms with Gasteiger partial charge in [-0.05, 0) is 24.7 Å². The molecule has 3 aromatic carbocycles. The van der Waals surface area contributed by atoms with Crippen molar-refractivity contribution in [2.45, 2.75) is 81.1 Å². The minimum atomic E-state index is 0. The summed E-state index contributed by atoms with van der Waals surface area (Å²) in [4.78, 5) is 0. The molecule has 0 atom stereocenters. The monoisotopic (exact) mass is 520 g/mol. The summed E-state index contributed by atoms with van der Waals surface area (Å²) in [5.41, 5.74) is 12.4. The maximum absolute atomic E-state index is 2.46. The Morgan fingerprint density at radius 3 is 1.80 bits per heavy atom. The Balaban J connectivity index is 0.000000569. The first-order valence-electron chi connectivity index (χ1n) is 10.5. The number of halogens is 2. The molecule has 0 spiro atoms. The minimum absolute atomic E-state index is 0. The molecule has 0 N–H and O–H groups in total. The van der Waals surface area contributed by atoms with Crippen LogP contribution in [0, 0.1) is 40.0 Å². The van der Waals surface area contributed by atoms with Crippen LogP contribution in [0.2, 0.25) is 0 Å². The van der Waals surface area contributed by atoms with Gasteiger partial charge in [-0.15, -0.1) is 34.5 Å². The molecule has 0 nitrogen and oxygen atoms in total. The SMILES string of the molecule is CC(C)(C)C[c-]1ccc2cc3c(cc21)CCC3.Cc1c(C)c(C)[c-](C)c1C.[Cl-].[Cl-].[Zr+4]. The summed E-state index contributed by atoms with van der Waals surface area (Å²) >= 11 is 0. The molecule has 3 heteroatoms. The Kier molecular flexibility index (Phi) is 11.4. The number of aryl methyl sites for hydroxylation is 2. The van der Waals surface area contributed by atoms with Gasteiger partial charge < -0.3 is 24.8 Å². The summed E-state index contributed by atoms with van der Waals surface area (Å²) < 4.78 is 0. The van der Waals surface area contributed by atoms with Crippen molar-refractivity contribution in [1.82, 2.24) is 0 Å². The maximum atomic E-state index is 2.46. The van der Waals surface area contributed by atoms with E-state index in [1.165, 1.54) is 69.8 Å². The van der Waals surface area contributed by atoms with Gasteiger partial charge >= 0.3 is 26.2 Å². The summed E-state index contributed by atoms with van der Waals surface area (Å²) in [6.07, 6.45) is 5.09. The van der Waals surface area contributed by atoms with Crippen molar-refractivity contribution < 1.29 is 51.0 Å². The summed E-state index contributed by atoms with van der Waals surface area (Å²) in [6, 6.07) is 9.50. The van der Waals surface area contributed by atoms with Crippen LogP contribution in [-0.2, 0) is 45.5 Å². The second kappa shape index (κ2) is 11.5. The van der Waals surface area contributed by atoms with E-state index in [4.69, 9.17) is 0 Å². The van der Waals surface area contributed by atoms with E-state index in [0.717, 1.165) is 0 Å². The molecule has 1 aliphatic rings. The Hall–Kier alpha value is -0.357. The number of fused-ring (bicyclic) bond motifs is 2. The predicted molar refractivity (Wildman–Crippen MR) is 120 cm³/mol. The van der Waals surface area contributed by atoms with Crippen molar-refractivity contribution in [3.63, 3.8) is 0 Å². The van der Waals surface area contributed by atoms with Crippen LogP contribution in [0.1, 0.15) is 71.7 Å². The molecule has 0 aromatic heterocycles. The molecular weight excluding hydrogens is 486 g/mol.